The van der Waals surface area contributed by atoms with E-state index in [2.05, 4.69) is 19.2 Å². The first-order valence-electron chi connectivity index (χ1n) is 23.9. The van der Waals surface area contributed by atoms with Crippen LogP contribution >= 0.6 is 0 Å². The van der Waals surface area contributed by atoms with Gasteiger partial charge in [-0.2, -0.15) is 0 Å². The summed E-state index contributed by atoms with van der Waals surface area (Å²) < 4.78 is 11.1. The number of unbranched alkanes of at least 4 members (excludes halogenated alkanes) is 28. The molecule has 1 heterocycles. The van der Waals surface area contributed by atoms with Crippen LogP contribution in [0.5, 0.6) is 0 Å². The molecule has 9 atom stereocenters. The molecule has 0 aromatic rings. The highest BCUT2D eigenvalue weighted by Crippen LogP contribution is 2.23. The van der Waals surface area contributed by atoms with Gasteiger partial charge in [0.25, 0.3) is 0 Å². The molecule has 1 aliphatic heterocycles. The van der Waals surface area contributed by atoms with E-state index in [-0.39, 0.29) is 6.42 Å². The van der Waals surface area contributed by atoms with Crippen LogP contribution in [-0.2, 0) is 14.3 Å². The summed E-state index contributed by atoms with van der Waals surface area (Å²) in [6, 6.07) is -1.16. The van der Waals surface area contributed by atoms with Crippen LogP contribution in [0.2, 0.25) is 0 Å². The molecule has 0 aliphatic carbocycles. The zero-order valence-electron chi connectivity index (χ0n) is 36.6. The van der Waals surface area contributed by atoms with Gasteiger partial charge in [0.05, 0.1) is 25.4 Å². The standard InChI is InChI=1S/C46H91NO10/c1-3-5-7-9-11-13-15-16-17-18-19-20-21-22-23-24-26-28-30-32-34-39(50)45(55)47-37(36-56-46-44(54)43(53)42(52)40(35-48)57-46)41(51)38(49)33-31-29-27-25-14-12-10-8-6-4-2/h37-44,46,48-54H,3-36H2,1-2H3,(H,47,55)/t37-,38+,39+,40+,41-,42-,43-,44+,46-/m0/s1. The van der Waals surface area contributed by atoms with Crippen LogP contribution in [0, 0.1) is 0 Å². The molecule has 11 heteroatoms. The van der Waals surface area contributed by atoms with Crippen molar-refractivity contribution in [3.63, 3.8) is 0 Å². The lowest BCUT2D eigenvalue weighted by molar-refractivity contribution is -0.303. The Morgan fingerprint density at radius 2 is 0.912 bits per heavy atom. The fourth-order valence-corrected chi connectivity index (χ4v) is 7.91. The molecular formula is C46H91NO10. The van der Waals surface area contributed by atoms with Crippen molar-refractivity contribution < 1.29 is 50.0 Å². The Hall–Kier alpha value is -0.890. The lowest BCUT2D eigenvalue weighted by Gasteiger charge is -2.40. The number of ether oxygens (including phenoxy) is 2. The predicted molar refractivity (Wildman–Crippen MR) is 229 cm³/mol. The van der Waals surface area contributed by atoms with Gasteiger partial charge in [-0.25, -0.2) is 0 Å². The SMILES string of the molecule is CCCCCCCCCCCCCCCCCCCCCC[C@@H](O)C(=O)N[C@@H](CO[C@H]1O[C@H](CO)[C@H](O)[C@H](O)[C@H]1O)[C@H](O)[C@H](O)CCCCCCCCCCCC. The quantitative estimate of drug-likeness (QED) is 0.0283. The summed E-state index contributed by atoms with van der Waals surface area (Å²) in [5, 5.41) is 75.6. The summed E-state index contributed by atoms with van der Waals surface area (Å²) >= 11 is 0. The van der Waals surface area contributed by atoms with Crippen LogP contribution in [0.25, 0.3) is 0 Å². The number of hydrogen-bond acceptors (Lipinski definition) is 10. The first-order chi connectivity index (χ1) is 27.7. The average molecular weight is 818 g/mol. The lowest BCUT2D eigenvalue weighted by Crippen LogP contribution is -2.60. The first kappa shape index (κ1) is 54.1. The van der Waals surface area contributed by atoms with Crippen molar-refractivity contribution in [2.24, 2.45) is 0 Å². The molecule has 0 spiro atoms. The van der Waals surface area contributed by atoms with Gasteiger partial charge >= 0.3 is 0 Å². The summed E-state index contributed by atoms with van der Waals surface area (Å²) in [5.74, 6) is -0.694. The van der Waals surface area contributed by atoms with E-state index in [1.807, 2.05) is 0 Å². The molecule has 1 amide bonds. The Labute approximate surface area is 348 Å². The lowest BCUT2D eigenvalue weighted by atomic mass is 9.98. The number of rotatable bonds is 40. The second kappa shape index (κ2) is 36.9. The van der Waals surface area contributed by atoms with Crippen LogP contribution in [0.1, 0.15) is 219 Å². The van der Waals surface area contributed by atoms with Crippen molar-refractivity contribution in [2.75, 3.05) is 13.2 Å². The molecule has 1 rings (SSSR count). The van der Waals surface area contributed by atoms with Gasteiger partial charge < -0.3 is 50.5 Å². The molecule has 1 saturated heterocycles. The van der Waals surface area contributed by atoms with E-state index in [0.29, 0.717) is 19.3 Å². The van der Waals surface area contributed by atoms with E-state index in [9.17, 15) is 40.5 Å². The molecular weight excluding hydrogens is 727 g/mol. The molecule has 0 radical (unpaired) electrons. The molecule has 0 bridgehead atoms. The maximum absolute atomic E-state index is 13.1. The number of amides is 1. The van der Waals surface area contributed by atoms with Gasteiger partial charge in [0.2, 0.25) is 5.91 Å². The van der Waals surface area contributed by atoms with Gasteiger partial charge in [-0.1, -0.05) is 206 Å². The van der Waals surface area contributed by atoms with Crippen LogP contribution in [0.4, 0.5) is 0 Å². The highest BCUT2D eigenvalue weighted by atomic mass is 16.7. The van der Waals surface area contributed by atoms with Gasteiger partial charge in [-0.3, -0.25) is 4.79 Å². The number of aliphatic hydroxyl groups excluding tert-OH is 7. The number of nitrogens with one attached hydrogen (secondary N) is 1. The monoisotopic (exact) mass is 818 g/mol. The van der Waals surface area contributed by atoms with Crippen LogP contribution in [-0.4, -0.2) is 110 Å². The third-order valence-corrected chi connectivity index (χ3v) is 11.9. The Bertz CT molecular complexity index is 897. The maximum atomic E-state index is 13.1. The number of carbonyl (C=O) groups is 1. The van der Waals surface area contributed by atoms with E-state index < -0.39 is 74.2 Å². The van der Waals surface area contributed by atoms with Crippen molar-refractivity contribution in [2.45, 2.75) is 274 Å². The molecule has 0 saturated carbocycles. The molecule has 1 aliphatic rings. The highest BCUT2D eigenvalue weighted by Gasteiger charge is 2.44. The summed E-state index contributed by atoms with van der Waals surface area (Å²) in [5.41, 5.74) is 0. The van der Waals surface area contributed by atoms with Gasteiger partial charge in [-0.15, -0.1) is 0 Å². The minimum atomic E-state index is -1.65. The fraction of sp³-hybridized carbons (Fsp3) is 0.978. The third kappa shape index (κ3) is 26.8. The molecule has 1 fully saturated rings. The first-order valence-corrected chi connectivity index (χ1v) is 23.9. The molecule has 8 N–H and O–H groups in total. The molecule has 0 aromatic heterocycles. The minimum absolute atomic E-state index is 0.266. The Kier molecular flexibility index (Phi) is 35.1. The van der Waals surface area contributed by atoms with E-state index in [1.54, 1.807) is 0 Å². The predicted octanol–water partition coefficient (Wildman–Crippen LogP) is 7.89. The van der Waals surface area contributed by atoms with Crippen molar-refractivity contribution in [3.05, 3.63) is 0 Å². The largest absolute Gasteiger partial charge is 0.394 e. The Morgan fingerprint density at radius 1 is 0.544 bits per heavy atom. The average Bonchev–Trinajstić information content (AvgIpc) is 3.21. The van der Waals surface area contributed by atoms with Crippen molar-refractivity contribution in [1.82, 2.24) is 5.32 Å². The molecule has 0 aromatic carbocycles. The minimum Gasteiger partial charge on any atom is -0.394 e. The zero-order chi connectivity index (χ0) is 41.9. The van der Waals surface area contributed by atoms with E-state index in [0.717, 1.165) is 38.5 Å². The fourth-order valence-electron chi connectivity index (χ4n) is 7.91. The third-order valence-electron chi connectivity index (χ3n) is 11.9. The van der Waals surface area contributed by atoms with E-state index in [1.165, 1.54) is 141 Å². The van der Waals surface area contributed by atoms with Gasteiger partial charge in [-0.05, 0) is 12.8 Å². The highest BCUT2D eigenvalue weighted by molar-refractivity contribution is 5.80. The second-order valence-electron chi connectivity index (χ2n) is 17.2. The molecule has 0 unspecified atom stereocenters. The van der Waals surface area contributed by atoms with Crippen molar-refractivity contribution in [3.8, 4) is 0 Å². The summed E-state index contributed by atoms with van der Waals surface area (Å²) in [6.07, 6.45) is 25.9. The second-order valence-corrected chi connectivity index (χ2v) is 17.2. The molecule has 340 valence electrons. The zero-order valence-corrected chi connectivity index (χ0v) is 36.6. The van der Waals surface area contributed by atoms with Gasteiger partial charge in [0.15, 0.2) is 6.29 Å². The van der Waals surface area contributed by atoms with Crippen LogP contribution < -0.4 is 5.32 Å². The summed E-state index contributed by atoms with van der Waals surface area (Å²) in [7, 11) is 0. The smallest absolute Gasteiger partial charge is 0.249 e. The number of carbonyl (C=O) groups excluding carboxylic acids is 1. The van der Waals surface area contributed by atoms with Crippen LogP contribution in [0.15, 0.2) is 0 Å². The van der Waals surface area contributed by atoms with E-state index in [4.69, 9.17) is 9.47 Å². The normalized spacial score (nSPS) is 22.0. The van der Waals surface area contributed by atoms with Crippen molar-refractivity contribution in [1.29, 1.82) is 0 Å². The summed E-state index contributed by atoms with van der Waals surface area (Å²) in [6.45, 7) is 3.43. The maximum Gasteiger partial charge on any atom is 0.249 e. The Morgan fingerprint density at radius 3 is 1.30 bits per heavy atom. The molecule has 57 heavy (non-hydrogen) atoms. The summed E-state index contributed by atoms with van der Waals surface area (Å²) in [4.78, 5) is 13.1. The topological polar surface area (TPSA) is 189 Å². The number of aliphatic hydroxyl groups is 7. The van der Waals surface area contributed by atoms with Gasteiger partial charge in [0, 0.05) is 0 Å². The van der Waals surface area contributed by atoms with Crippen LogP contribution in [0.3, 0.4) is 0 Å². The Balaban J connectivity index is 2.37. The molecule has 11 nitrogen and oxygen atoms in total. The van der Waals surface area contributed by atoms with Crippen molar-refractivity contribution >= 4 is 5.91 Å². The number of hydrogen-bond donors (Lipinski definition) is 8. The van der Waals surface area contributed by atoms with E-state index >= 15 is 0 Å². The van der Waals surface area contributed by atoms with Gasteiger partial charge in [0.1, 0.15) is 36.6 Å².